The Morgan fingerprint density at radius 1 is 1.58 bits per heavy atom. The van der Waals surface area contributed by atoms with E-state index in [-0.39, 0.29) is 0 Å². The van der Waals surface area contributed by atoms with Gasteiger partial charge >= 0.3 is 0 Å². The predicted molar refractivity (Wildman–Crippen MR) is 50.7 cm³/mol. The molecule has 1 aromatic rings. The first-order valence-electron chi connectivity index (χ1n) is 3.37. The molecule has 0 bridgehead atoms. The quantitative estimate of drug-likeness (QED) is 0.411. The topological polar surface area (TPSA) is 61.8 Å². The van der Waals surface area contributed by atoms with Crippen molar-refractivity contribution >= 4 is 17.4 Å². The fourth-order valence-electron chi connectivity index (χ4n) is 0.937. The number of thioether (sulfide) groups is 1. The van der Waals surface area contributed by atoms with E-state index in [2.05, 4.69) is 11.5 Å². The number of hydrogen-bond donors (Lipinski definition) is 2. The molecule has 62 valence electrons. The van der Waals surface area contributed by atoms with Gasteiger partial charge in [0.25, 0.3) is 0 Å². The molecule has 0 spiro atoms. The van der Waals surface area contributed by atoms with Crippen molar-refractivity contribution in [3.05, 3.63) is 23.8 Å². The lowest BCUT2D eigenvalue weighted by Gasteiger charge is -2.05. The summed E-state index contributed by atoms with van der Waals surface area (Å²) in [5.74, 6) is 5.24. The van der Waals surface area contributed by atoms with E-state index in [4.69, 9.17) is 11.1 Å². The highest BCUT2D eigenvalue weighted by Crippen LogP contribution is 2.25. The monoisotopic (exact) mass is 179 g/mol. The van der Waals surface area contributed by atoms with E-state index < -0.39 is 0 Å². The smallest absolute Gasteiger partial charge is 0.103 e. The van der Waals surface area contributed by atoms with Crippen LogP contribution in [0.5, 0.6) is 0 Å². The van der Waals surface area contributed by atoms with Crippen molar-refractivity contribution in [3.63, 3.8) is 0 Å². The summed E-state index contributed by atoms with van der Waals surface area (Å²) < 4.78 is 0. The number of nitriles is 1. The molecule has 0 heterocycles. The van der Waals surface area contributed by atoms with Crippen molar-refractivity contribution in [1.82, 2.24) is 0 Å². The summed E-state index contributed by atoms with van der Waals surface area (Å²) in [6, 6.07) is 7.63. The molecule has 0 saturated carbocycles. The predicted octanol–water partition coefficient (Wildman–Crippen LogP) is 1.57. The van der Waals surface area contributed by atoms with Crippen molar-refractivity contribution in [3.8, 4) is 6.07 Å². The van der Waals surface area contributed by atoms with Gasteiger partial charge in [0, 0.05) is 4.90 Å². The molecule has 0 aliphatic carbocycles. The number of benzene rings is 1. The Labute approximate surface area is 75.5 Å². The SMILES string of the molecule is CSc1cccc(NN)c1C#N. The highest BCUT2D eigenvalue weighted by Gasteiger charge is 2.04. The average molecular weight is 179 g/mol. The van der Waals surface area contributed by atoms with Gasteiger partial charge in [-0.25, -0.2) is 0 Å². The van der Waals surface area contributed by atoms with Gasteiger partial charge in [-0.2, -0.15) is 5.26 Å². The van der Waals surface area contributed by atoms with Crippen molar-refractivity contribution in [2.24, 2.45) is 5.84 Å². The molecule has 0 atom stereocenters. The Morgan fingerprint density at radius 2 is 2.33 bits per heavy atom. The van der Waals surface area contributed by atoms with Gasteiger partial charge in [0.15, 0.2) is 0 Å². The third-order valence-electron chi connectivity index (χ3n) is 1.51. The lowest BCUT2D eigenvalue weighted by atomic mass is 10.2. The highest BCUT2D eigenvalue weighted by atomic mass is 32.2. The molecule has 12 heavy (non-hydrogen) atoms. The van der Waals surface area contributed by atoms with Crippen LogP contribution in [0.4, 0.5) is 5.69 Å². The number of hydrogen-bond acceptors (Lipinski definition) is 4. The molecule has 0 unspecified atom stereocenters. The minimum Gasteiger partial charge on any atom is -0.323 e. The molecule has 1 rings (SSSR count). The van der Waals surface area contributed by atoms with Crippen LogP contribution in [0, 0.1) is 11.3 Å². The molecule has 0 saturated heterocycles. The van der Waals surface area contributed by atoms with E-state index in [1.165, 1.54) is 11.8 Å². The van der Waals surface area contributed by atoms with Crippen LogP contribution in [-0.4, -0.2) is 6.26 Å². The number of nitrogens with one attached hydrogen (secondary N) is 1. The molecule has 0 fully saturated rings. The summed E-state index contributed by atoms with van der Waals surface area (Å²) in [6.07, 6.45) is 1.93. The highest BCUT2D eigenvalue weighted by molar-refractivity contribution is 7.98. The first-order chi connectivity index (χ1) is 5.83. The number of hydrazine groups is 1. The Morgan fingerprint density at radius 3 is 2.83 bits per heavy atom. The minimum atomic E-state index is 0.604. The van der Waals surface area contributed by atoms with Crippen molar-refractivity contribution < 1.29 is 0 Å². The first kappa shape index (κ1) is 8.91. The van der Waals surface area contributed by atoms with Gasteiger partial charge in [-0.1, -0.05) is 6.07 Å². The van der Waals surface area contributed by atoms with Crippen LogP contribution in [0.15, 0.2) is 23.1 Å². The van der Waals surface area contributed by atoms with Gasteiger partial charge in [0.1, 0.15) is 6.07 Å². The summed E-state index contributed by atoms with van der Waals surface area (Å²) in [5.41, 5.74) is 3.76. The van der Waals surface area contributed by atoms with Crippen LogP contribution in [0.3, 0.4) is 0 Å². The lowest BCUT2D eigenvalue weighted by molar-refractivity contribution is 1.29. The number of nitrogens with two attached hydrogens (primary N) is 1. The molecular formula is C8H9N3S. The molecule has 0 aliphatic rings. The van der Waals surface area contributed by atoms with Gasteiger partial charge in [0.05, 0.1) is 11.3 Å². The fourth-order valence-corrected chi connectivity index (χ4v) is 1.51. The lowest BCUT2D eigenvalue weighted by Crippen LogP contribution is -2.08. The van der Waals surface area contributed by atoms with Crippen molar-refractivity contribution in [2.75, 3.05) is 11.7 Å². The third-order valence-corrected chi connectivity index (χ3v) is 2.29. The van der Waals surface area contributed by atoms with E-state index in [0.29, 0.717) is 11.3 Å². The maximum absolute atomic E-state index is 8.80. The second kappa shape index (κ2) is 4.00. The largest absolute Gasteiger partial charge is 0.323 e. The molecule has 0 radical (unpaired) electrons. The van der Waals surface area contributed by atoms with Crippen LogP contribution >= 0.6 is 11.8 Å². The average Bonchev–Trinajstić information content (AvgIpc) is 2.16. The van der Waals surface area contributed by atoms with E-state index in [1.54, 1.807) is 6.07 Å². The van der Waals surface area contributed by atoms with E-state index >= 15 is 0 Å². The van der Waals surface area contributed by atoms with Crippen molar-refractivity contribution in [1.29, 1.82) is 5.26 Å². The molecule has 0 aromatic heterocycles. The first-order valence-corrected chi connectivity index (χ1v) is 4.59. The summed E-state index contributed by atoms with van der Waals surface area (Å²) in [4.78, 5) is 0.938. The summed E-state index contributed by atoms with van der Waals surface area (Å²) in [5, 5.41) is 8.80. The number of anilines is 1. The van der Waals surface area contributed by atoms with Gasteiger partial charge in [-0.05, 0) is 18.4 Å². The number of nitrogens with zero attached hydrogens (tertiary/aromatic N) is 1. The Balaban J connectivity index is 3.25. The maximum Gasteiger partial charge on any atom is 0.103 e. The van der Waals surface area contributed by atoms with Crippen molar-refractivity contribution in [2.45, 2.75) is 4.90 Å². The Hall–Kier alpha value is -1.18. The zero-order chi connectivity index (χ0) is 8.97. The Bertz CT molecular complexity index is 294. The summed E-state index contributed by atoms with van der Waals surface area (Å²) in [7, 11) is 0. The van der Waals surface area contributed by atoms with Crippen LogP contribution in [0.25, 0.3) is 0 Å². The molecule has 0 aliphatic heterocycles. The van der Waals surface area contributed by atoms with Gasteiger partial charge in [-0.3, -0.25) is 5.84 Å². The van der Waals surface area contributed by atoms with Crippen LogP contribution in [-0.2, 0) is 0 Å². The summed E-state index contributed by atoms with van der Waals surface area (Å²) in [6.45, 7) is 0. The second-order valence-corrected chi connectivity index (χ2v) is 2.99. The zero-order valence-electron chi connectivity index (χ0n) is 6.66. The summed E-state index contributed by atoms with van der Waals surface area (Å²) >= 11 is 1.53. The molecule has 4 heteroatoms. The zero-order valence-corrected chi connectivity index (χ0v) is 7.48. The molecule has 1 aromatic carbocycles. The van der Waals surface area contributed by atoms with Crippen LogP contribution in [0.1, 0.15) is 5.56 Å². The normalized spacial score (nSPS) is 9.08. The van der Waals surface area contributed by atoms with Gasteiger partial charge in [-0.15, -0.1) is 11.8 Å². The van der Waals surface area contributed by atoms with Crippen LogP contribution < -0.4 is 11.3 Å². The van der Waals surface area contributed by atoms with Gasteiger partial charge < -0.3 is 5.43 Å². The van der Waals surface area contributed by atoms with Crippen LogP contribution in [0.2, 0.25) is 0 Å². The maximum atomic E-state index is 8.80. The standard InChI is InChI=1S/C8H9N3S/c1-12-8-4-2-3-7(11-10)6(8)5-9/h2-4,11H,10H2,1H3. The number of rotatable bonds is 2. The van der Waals surface area contributed by atoms with E-state index in [1.807, 2.05) is 18.4 Å². The Kier molecular flexibility index (Phi) is 2.97. The molecular weight excluding hydrogens is 170 g/mol. The minimum absolute atomic E-state index is 0.604. The second-order valence-electron chi connectivity index (χ2n) is 2.14. The van der Waals surface area contributed by atoms with E-state index in [9.17, 15) is 0 Å². The molecule has 3 nitrogen and oxygen atoms in total. The molecule has 0 amide bonds. The van der Waals surface area contributed by atoms with Gasteiger partial charge in [0.2, 0.25) is 0 Å². The van der Waals surface area contributed by atoms with E-state index in [0.717, 1.165) is 4.90 Å². The third kappa shape index (κ3) is 1.52. The fraction of sp³-hybridized carbons (Fsp3) is 0.125. The molecule has 3 N–H and O–H groups in total. The number of nitrogen functional groups attached to an aromatic ring is 1.